The van der Waals surface area contributed by atoms with Gasteiger partial charge in [0.15, 0.2) is 0 Å². The fourth-order valence-electron chi connectivity index (χ4n) is 0.402. The molecule has 0 fully saturated rings. The summed E-state index contributed by atoms with van der Waals surface area (Å²) in [5.41, 5.74) is 5.55. The smallest absolute Gasteiger partial charge is 0.00619 e. The Morgan fingerprint density at radius 2 is 2.14 bits per heavy atom. The van der Waals surface area contributed by atoms with E-state index >= 15 is 0 Å². The first-order chi connectivity index (χ1) is 3.18. The lowest BCUT2D eigenvalue weighted by Crippen LogP contribution is -2.24. The van der Waals surface area contributed by atoms with E-state index in [0.717, 1.165) is 6.42 Å². The Bertz CT molecular complexity index is 41.4. The third-order valence-corrected chi connectivity index (χ3v) is 1.20. The molecule has 0 aliphatic rings. The van der Waals surface area contributed by atoms with Crippen molar-refractivity contribution in [2.75, 3.05) is 0 Å². The summed E-state index contributed by atoms with van der Waals surface area (Å²) in [6, 6.07) is 0.292. The zero-order valence-electron chi connectivity index (χ0n) is 5.15. The number of rotatable bonds is 2. The summed E-state index contributed by atoms with van der Waals surface area (Å²) in [7, 11) is 0. The minimum Gasteiger partial charge on any atom is -0.327 e. The molecule has 0 saturated carbocycles. The van der Waals surface area contributed by atoms with E-state index in [1.165, 1.54) is 0 Å². The van der Waals surface area contributed by atoms with Gasteiger partial charge in [-0.05, 0) is 19.3 Å². The van der Waals surface area contributed by atoms with Crippen LogP contribution in [0.5, 0.6) is 0 Å². The van der Waals surface area contributed by atoms with Crippen molar-refractivity contribution in [2.45, 2.75) is 26.3 Å². The molecule has 0 heterocycles. The van der Waals surface area contributed by atoms with Crippen molar-refractivity contribution in [1.29, 1.82) is 0 Å². The quantitative estimate of drug-likeness (QED) is 0.554. The van der Waals surface area contributed by atoms with E-state index in [2.05, 4.69) is 13.8 Å². The maximum Gasteiger partial charge on any atom is 0.00619 e. The van der Waals surface area contributed by atoms with Crippen molar-refractivity contribution < 1.29 is 0 Å². The number of hydrogen-bond acceptors (Lipinski definition) is 1. The van der Waals surface area contributed by atoms with Crippen LogP contribution in [0.3, 0.4) is 0 Å². The molecule has 0 spiro atoms. The van der Waals surface area contributed by atoms with Crippen molar-refractivity contribution in [2.24, 2.45) is 11.7 Å². The van der Waals surface area contributed by atoms with Crippen LogP contribution in [0.4, 0.5) is 0 Å². The second-order valence-electron chi connectivity index (χ2n) is 2.05. The van der Waals surface area contributed by atoms with Crippen LogP contribution in [-0.4, -0.2) is 6.04 Å². The minimum absolute atomic E-state index is 0.292. The van der Waals surface area contributed by atoms with Gasteiger partial charge < -0.3 is 5.73 Å². The first-order valence-corrected chi connectivity index (χ1v) is 2.77. The van der Waals surface area contributed by atoms with Gasteiger partial charge in [-0.3, -0.25) is 0 Å². The van der Waals surface area contributed by atoms with Crippen LogP contribution in [0.2, 0.25) is 0 Å². The maximum atomic E-state index is 5.55. The Balaban J connectivity index is 3.14. The van der Waals surface area contributed by atoms with Crippen LogP contribution in [-0.2, 0) is 0 Å². The van der Waals surface area contributed by atoms with Crippen molar-refractivity contribution in [1.82, 2.24) is 0 Å². The average Bonchev–Trinajstić information content (AvgIpc) is 1.65. The molecule has 0 aliphatic carbocycles. The molecular formula is C6H14N. The summed E-state index contributed by atoms with van der Waals surface area (Å²) in [6.45, 7) is 7.90. The highest BCUT2D eigenvalue weighted by molar-refractivity contribution is 4.67. The van der Waals surface area contributed by atoms with Crippen LogP contribution in [0.25, 0.3) is 0 Å². The van der Waals surface area contributed by atoms with Crippen molar-refractivity contribution in [3.63, 3.8) is 0 Å². The molecule has 2 N–H and O–H groups in total. The number of hydrogen-bond donors (Lipinski definition) is 1. The first-order valence-electron chi connectivity index (χ1n) is 2.77. The Labute approximate surface area is 45.9 Å². The zero-order valence-corrected chi connectivity index (χ0v) is 5.15. The molecule has 2 atom stereocenters. The molecule has 0 amide bonds. The van der Waals surface area contributed by atoms with Crippen molar-refractivity contribution >= 4 is 0 Å². The second-order valence-corrected chi connectivity index (χ2v) is 2.05. The molecule has 2 unspecified atom stereocenters. The molecule has 1 radical (unpaired) electrons. The van der Waals surface area contributed by atoms with Gasteiger partial charge >= 0.3 is 0 Å². The Morgan fingerprint density at radius 1 is 1.71 bits per heavy atom. The lowest BCUT2D eigenvalue weighted by molar-refractivity contribution is 0.521. The topological polar surface area (TPSA) is 26.0 Å². The average molecular weight is 100 g/mol. The van der Waals surface area contributed by atoms with Crippen LogP contribution < -0.4 is 5.73 Å². The van der Waals surface area contributed by atoms with Gasteiger partial charge in [-0.1, -0.05) is 13.8 Å². The minimum atomic E-state index is 0.292. The Kier molecular flexibility index (Phi) is 3.01. The molecule has 1 nitrogen and oxygen atoms in total. The van der Waals surface area contributed by atoms with Gasteiger partial charge in [-0.2, -0.15) is 0 Å². The molecular weight excluding hydrogens is 86.1 g/mol. The normalized spacial score (nSPS) is 15.0. The van der Waals surface area contributed by atoms with Crippen LogP contribution >= 0.6 is 0 Å². The van der Waals surface area contributed by atoms with E-state index in [1.54, 1.807) is 0 Å². The fraction of sp³-hybridized carbons (Fsp3) is 0.833. The molecule has 43 valence electrons. The predicted octanol–water partition coefficient (Wildman–Crippen LogP) is 1.19. The van der Waals surface area contributed by atoms with Crippen LogP contribution in [0.15, 0.2) is 0 Å². The summed E-state index contributed by atoms with van der Waals surface area (Å²) in [4.78, 5) is 0. The van der Waals surface area contributed by atoms with Crippen molar-refractivity contribution in [3.05, 3.63) is 6.92 Å². The second kappa shape index (κ2) is 3.03. The molecule has 0 aromatic heterocycles. The molecule has 0 aromatic rings. The van der Waals surface area contributed by atoms with E-state index in [-0.39, 0.29) is 0 Å². The predicted molar refractivity (Wildman–Crippen MR) is 32.8 cm³/mol. The summed E-state index contributed by atoms with van der Waals surface area (Å²) >= 11 is 0. The van der Waals surface area contributed by atoms with E-state index in [9.17, 15) is 0 Å². The molecule has 0 bridgehead atoms. The summed E-state index contributed by atoms with van der Waals surface area (Å²) in [5.74, 6) is 0.394. The van der Waals surface area contributed by atoms with Crippen molar-refractivity contribution in [3.8, 4) is 0 Å². The van der Waals surface area contributed by atoms with E-state index in [1.807, 2.05) is 6.92 Å². The SMILES string of the molecule is [CH2]C(C)C(N)CC. The first kappa shape index (κ1) is 6.96. The molecule has 0 aliphatic heterocycles. The zero-order chi connectivity index (χ0) is 5.86. The van der Waals surface area contributed by atoms with Crippen LogP contribution in [0.1, 0.15) is 20.3 Å². The van der Waals surface area contributed by atoms with E-state index in [0.29, 0.717) is 12.0 Å². The highest BCUT2D eigenvalue weighted by Gasteiger charge is 2.01. The van der Waals surface area contributed by atoms with Gasteiger partial charge in [-0.15, -0.1) is 0 Å². The van der Waals surface area contributed by atoms with Gasteiger partial charge in [0.05, 0.1) is 0 Å². The van der Waals surface area contributed by atoms with Gasteiger partial charge in [0.25, 0.3) is 0 Å². The summed E-state index contributed by atoms with van der Waals surface area (Å²) in [6.07, 6.45) is 1.03. The lowest BCUT2D eigenvalue weighted by atomic mass is 10.0. The summed E-state index contributed by atoms with van der Waals surface area (Å²) in [5, 5.41) is 0. The van der Waals surface area contributed by atoms with E-state index in [4.69, 9.17) is 5.73 Å². The van der Waals surface area contributed by atoms with Gasteiger partial charge in [0, 0.05) is 6.04 Å². The van der Waals surface area contributed by atoms with Gasteiger partial charge in [0.1, 0.15) is 0 Å². The lowest BCUT2D eigenvalue weighted by Gasteiger charge is -2.10. The highest BCUT2D eigenvalue weighted by atomic mass is 14.6. The molecule has 0 aromatic carbocycles. The Hall–Kier alpha value is -0.0400. The standard InChI is InChI=1S/C6H14N/c1-4-6(7)5(2)3/h5-6H,2,4,7H2,1,3H3. The van der Waals surface area contributed by atoms with Gasteiger partial charge in [0.2, 0.25) is 0 Å². The van der Waals surface area contributed by atoms with E-state index < -0.39 is 0 Å². The summed E-state index contributed by atoms with van der Waals surface area (Å²) < 4.78 is 0. The third-order valence-electron chi connectivity index (χ3n) is 1.20. The third kappa shape index (κ3) is 2.63. The number of nitrogens with two attached hydrogens (primary N) is 1. The van der Waals surface area contributed by atoms with Crippen LogP contribution in [0, 0.1) is 12.8 Å². The fourth-order valence-corrected chi connectivity index (χ4v) is 0.402. The van der Waals surface area contributed by atoms with Gasteiger partial charge in [-0.25, -0.2) is 0 Å². The molecule has 0 rings (SSSR count). The monoisotopic (exact) mass is 100 g/mol. The largest absolute Gasteiger partial charge is 0.327 e. The molecule has 7 heavy (non-hydrogen) atoms. The molecule has 0 saturated heterocycles. The maximum absolute atomic E-state index is 5.55. The molecule has 1 heteroatoms. The highest BCUT2D eigenvalue weighted by Crippen LogP contribution is 1.99. The Morgan fingerprint density at radius 3 is 2.14 bits per heavy atom.